The van der Waals surface area contributed by atoms with Crippen LogP contribution in [0.5, 0.6) is 0 Å². The fraction of sp³-hybridized carbons (Fsp3) is 0.917. The second-order valence-corrected chi connectivity index (χ2v) is 5.35. The monoisotopic (exact) mass is 210 g/mol. The van der Waals surface area contributed by atoms with Gasteiger partial charge < -0.3 is 11.1 Å². The number of nitrogens with one attached hydrogen (secondary N) is 1. The van der Waals surface area contributed by atoms with Crippen LogP contribution in [0.3, 0.4) is 0 Å². The molecule has 0 heterocycles. The van der Waals surface area contributed by atoms with Crippen molar-refractivity contribution in [3.8, 4) is 0 Å². The van der Waals surface area contributed by atoms with Crippen molar-refractivity contribution in [2.24, 2.45) is 23.5 Å². The van der Waals surface area contributed by atoms with Crippen molar-refractivity contribution in [1.82, 2.24) is 5.32 Å². The summed E-state index contributed by atoms with van der Waals surface area (Å²) < 4.78 is 0. The largest absolute Gasteiger partial charge is 0.356 e. The van der Waals surface area contributed by atoms with Gasteiger partial charge in [-0.3, -0.25) is 4.79 Å². The Morgan fingerprint density at radius 3 is 2.47 bits per heavy atom. The van der Waals surface area contributed by atoms with Gasteiger partial charge in [-0.15, -0.1) is 0 Å². The van der Waals surface area contributed by atoms with Gasteiger partial charge in [0.05, 0.1) is 0 Å². The maximum Gasteiger partial charge on any atom is 0.223 e. The number of amides is 1. The van der Waals surface area contributed by atoms with E-state index in [1.165, 1.54) is 12.8 Å². The molecule has 2 aliphatic rings. The summed E-state index contributed by atoms with van der Waals surface area (Å²) in [6.07, 6.45) is 5.70. The fourth-order valence-corrected chi connectivity index (χ4v) is 2.46. The van der Waals surface area contributed by atoms with Crippen LogP contribution >= 0.6 is 0 Å². The van der Waals surface area contributed by atoms with E-state index in [0.29, 0.717) is 23.8 Å². The van der Waals surface area contributed by atoms with E-state index in [9.17, 15) is 4.79 Å². The summed E-state index contributed by atoms with van der Waals surface area (Å²) in [4.78, 5) is 11.6. The Morgan fingerprint density at radius 2 is 1.93 bits per heavy atom. The SMILES string of the molecule is CC1CC1C(=O)NCC1CCC(N)CC1. The molecule has 2 fully saturated rings. The highest BCUT2D eigenvalue weighted by molar-refractivity contribution is 5.81. The van der Waals surface area contributed by atoms with Crippen molar-refractivity contribution in [3.05, 3.63) is 0 Å². The highest BCUT2D eigenvalue weighted by Gasteiger charge is 2.39. The van der Waals surface area contributed by atoms with Crippen molar-refractivity contribution >= 4 is 5.91 Å². The van der Waals surface area contributed by atoms with Crippen LogP contribution in [-0.4, -0.2) is 18.5 Å². The Bertz CT molecular complexity index is 234. The number of carbonyl (C=O) groups is 1. The minimum Gasteiger partial charge on any atom is -0.356 e. The molecule has 3 heteroatoms. The minimum absolute atomic E-state index is 0.275. The normalized spacial score (nSPS) is 39.9. The summed E-state index contributed by atoms with van der Waals surface area (Å²) in [6, 6.07) is 0.403. The fourth-order valence-electron chi connectivity index (χ4n) is 2.46. The Labute approximate surface area is 91.8 Å². The van der Waals surface area contributed by atoms with E-state index in [2.05, 4.69) is 12.2 Å². The first-order valence-corrected chi connectivity index (χ1v) is 6.20. The summed E-state index contributed by atoms with van der Waals surface area (Å²) in [6.45, 7) is 3.01. The molecule has 0 spiro atoms. The average Bonchev–Trinajstić information content (AvgIpc) is 2.94. The molecule has 3 nitrogen and oxygen atoms in total. The molecule has 2 atom stereocenters. The highest BCUT2D eigenvalue weighted by Crippen LogP contribution is 2.37. The maximum atomic E-state index is 11.6. The highest BCUT2D eigenvalue weighted by atomic mass is 16.2. The van der Waals surface area contributed by atoms with Crippen LogP contribution in [0.15, 0.2) is 0 Å². The predicted molar refractivity (Wildman–Crippen MR) is 60.2 cm³/mol. The van der Waals surface area contributed by atoms with Crippen molar-refractivity contribution in [2.45, 2.75) is 45.1 Å². The third-order valence-corrected chi connectivity index (χ3v) is 3.90. The Balaban J connectivity index is 1.63. The molecule has 0 aromatic heterocycles. The lowest BCUT2D eigenvalue weighted by Gasteiger charge is -2.26. The van der Waals surface area contributed by atoms with Gasteiger partial charge in [-0.1, -0.05) is 6.92 Å². The molecule has 86 valence electrons. The van der Waals surface area contributed by atoms with Gasteiger partial charge in [0.2, 0.25) is 5.91 Å². The molecule has 2 aliphatic carbocycles. The summed E-state index contributed by atoms with van der Waals surface area (Å²) in [7, 11) is 0. The molecule has 2 unspecified atom stereocenters. The maximum absolute atomic E-state index is 11.6. The standard InChI is InChI=1S/C12H22N2O/c1-8-6-11(8)12(15)14-7-9-2-4-10(13)5-3-9/h8-11H,2-7,13H2,1H3,(H,14,15). The van der Waals surface area contributed by atoms with Crippen LogP contribution in [0.2, 0.25) is 0 Å². The van der Waals surface area contributed by atoms with E-state index in [4.69, 9.17) is 5.73 Å². The first-order valence-electron chi connectivity index (χ1n) is 6.20. The number of carbonyl (C=O) groups excluding carboxylic acids is 1. The number of rotatable bonds is 3. The van der Waals surface area contributed by atoms with Crippen molar-refractivity contribution in [1.29, 1.82) is 0 Å². The summed E-state index contributed by atoms with van der Waals surface area (Å²) in [5.41, 5.74) is 5.84. The quantitative estimate of drug-likeness (QED) is 0.737. The third kappa shape index (κ3) is 2.94. The zero-order chi connectivity index (χ0) is 10.8. The molecule has 2 saturated carbocycles. The Hall–Kier alpha value is -0.570. The number of hydrogen-bond acceptors (Lipinski definition) is 2. The van der Waals surface area contributed by atoms with Gasteiger partial charge in [-0.2, -0.15) is 0 Å². The van der Waals surface area contributed by atoms with Crippen LogP contribution in [0.1, 0.15) is 39.0 Å². The van der Waals surface area contributed by atoms with Crippen molar-refractivity contribution in [2.75, 3.05) is 6.54 Å². The molecule has 0 aromatic rings. The van der Waals surface area contributed by atoms with E-state index >= 15 is 0 Å². The van der Waals surface area contributed by atoms with Gasteiger partial charge in [0.1, 0.15) is 0 Å². The molecule has 0 radical (unpaired) electrons. The van der Waals surface area contributed by atoms with Gasteiger partial charge in [0.25, 0.3) is 0 Å². The molecule has 0 aliphatic heterocycles. The van der Waals surface area contributed by atoms with Crippen LogP contribution in [0, 0.1) is 17.8 Å². The average molecular weight is 210 g/mol. The Morgan fingerprint density at radius 1 is 1.33 bits per heavy atom. The van der Waals surface area contributed by atoms with E-state index in [1.54, 1.807) is 0 Å². The minimum atomic E-state index is 0.275. The molecule has 0 aromatic carbocycles. The van der Waals surface area contributed by atoms with Gasteiger partial charge in [-0.25, -0.2) is 0 Å². The van der Waals surface area contributed by atoms with Crippen molar-refractivity contribution < 1.29 is 4.79 Å². The zero-order valence-electron chi connectivity index (χ0n) is 9.54. The lowest BCUT2D eigenvalue weighted by atomic mass is 9.86. The number of hydrogen-bond donors (Lipinski definition) is 2. The Kier molecular flexibility index (Phi) is 3.29. The van der Waals surface area contributed by atoms with Crippen LogP contribution < -0.4 is 11.1 Å². The topological polar surface area (TPSA) is 55.1 Å². The number of nitrogens with two attached hydrogens (primary N) is 1. The van der Waals surface area contributed by atoms with Crippen molar-refractivity contribution in [3.63, 3.8) is 0 Å². The predicted octanol–water partition coefficient (Wildman–Crippen LogP) is 1.28. The third-order valence-electron chi connectivity index (χ3n) is 3.90. The lowest BCUT2D eigenvalue weighted by Crippen LogP contribution is -2.35. The smallest absolute Gasteiger partial charge is 0.223 e. The van der Waals surface area contributed by atoms with E-state index in [0.717, 1.165) is 25.8 Å². The molecular weight excluding hydrogens is 188 g/mol. The van der Waals surface area contributed by atoms with Crippen LogP contribution in [-0.2, 0) is 4.79 Å². The summed E-state index contributed by atoms with van der Waals surface area (Å²) in [5, 5.41) is 3.08. The van der Waals surface area contributed by atoms with E-state index in [-0.39, 0.29) is 5.91 Å². The first kappa shape index (κ1) is 10.9. The van der Waals surface area contributed by atoms with E-state index < -0.39 is 0 Å². The van der Waals surface area contributed by atoms with Gasteiger partial charge in [0, 0.05) is 18.5 Å². The first-order chi connectivity index (χ1) is 7.16. The zero-order valence-corrected chi connectivity index (χ0v) is 9.54. The molecule has 15 heavy (non-hydrogen) atoms. The van der Waals surface area contributed by atoms with Crippen LogP contribution in [0.4, 0.5) is 0 Å². The second-order valence-electron chi connectivity index (χ2n) is 5.35. The molecule has 0 bridgehead atoms. The summed E-state index contributed by atoms with van der Waals surface area (Å²) in [5.74, 6) is 1.88. The molecular formula is C12H22N2O. The van der Waals surface area contributed by atoms with Gasteiger partial charge in [-0.05, 0) is 43.9 Å². The molecule has 3 N–H and O–H groups in total. The lowest BCUT2D eigenvalue weighted by molar-refractivity contribution is -0.122. The van der Waals surface area contributed by atoms with Gasteiger partial charge >= 0.3 is 0 Å². The summed E-state index contributed by atoms with van der Waals surface area (Å²) >= 11 is 0. The second kappa shape index (κ2) is 4.52. The van der Waals surface area contributed by atoms with Gasteiger partial charge in [0.15, 0.2) is 0 Å². The molecule has 2 rings (SSSR count). The van der Waals surface area contributed by atoms with E-state index in [1.807, 2.05) is 0 Å². The molecule has 1 amide bonds. The molecule has 0 saturated heterocycles. The van der Waals surface area contributed by atoms with Crippen LogP contribution in [0.25, 0.3) is 0 Å².